The van der Waals surface area contributed by atoms with Gasteiger partial charge in [0.15, 0.2) is 0 Å². The summed E-state index contributed by atoms with van der Waals surface area (Å²) < 4.78 is 5.07. The average Bonchev–Trinajstić information content (AvgIpc) is 2.35. The molecular weight excluding hydrogens is 289 g/mol. The van der Waals surface area contributed by atoms with Gasteiger partial charge in [0.25, 0.3) is 0 Å². The predicted octanol–water partition coefficient (Wildman–Crippen LogP) is 2.57. The first kappa shape index (κ1) is 16.2. The normalized spacial score (nSPS) is 12.2. The van der Waals surface area contributed by atoms with Crippen LogP contribution in [-0.4, -0.2) is 30.8 Å². The molecule has 0 aromatic heterocycles. The maximum Gasteiger partial charge on any atom is 0.222 e. The van der Waals surface area contributed by atoms with E-state index in [1.807, 2.05) is 6.92 Å². The van der Waals surface area contributed by atoms with Crippen molar-refractivity contribution in [2.75, 3.05) is 19.8 Å². The minimum Gasteiger partial charge on any atom is -0.387 e. The number of hydrogen-bond donors (Lipinski definition) is 2. The molecule has 0 saturated carbocycles. The molecule has 0 radical (unpaired) electrons. The summed E-state index contributed by atoms with van der Waals surface area (Å²) in [5.41, 5.74) is 0.572. The number of carbonyl (C=O) groups excluding carboxylic acids is 1. The lowest BCUT2D eigenvalue weighted by Gasteiger charge is -2.13. The predicted molar refractivity (Wildman–Crippen MR) is 75.5 cm³/mol. The number of nitrogens with one attached hydrogen (secondary N) is 1. The maximum atomic E-state index is 11.4. The topological polar surface area (TPSA) is 58.6 Å². The molecule has 1 atom stereocenters. The van der Waals surface area contributed by atoms with Crippen molar-refractivity contribution >= 4 is 29.1 Å². The van der Waals surface area contributed by atoms with Crippen LogP contribution in [0.3, 0.4) is 0 Å². The summed E-state index contributed by atoms with van der Waals surface area (Å²) in [6.45, 7) is 2.94. The highest BCUT2D eigenvalue weighted by molar-refractivity contribution is 6.34. The van der Waals surface area contributed by atoms with Gasteiger partial charge in [-0.25, -0.2) is 0 Å². The number of carbonyl (C=O) groups is 1. The summed E-state index contributed by atoms with van der Waals surface area (Å²) in [6, 6.07) is 4.81. The van der Waals surface area contributed by atoms with Crippen LogP contribution in [0.4, 0.5) is 0 Å². The zero-order chi connectivity index (χ0) is 14.3. The van der Waals surface area contributed by atoms with E-state index in [0.717, 1.165) is 0 Å². The maximum absolute atomic E-state index is 11.4. The molecule has 0 fully saturated rings. The van der Waals surface area contributed by atoms with Gasteiger partial charge in [-0.15, -0.1) is 0 Å². The zero-order valence-corrected chi connectivity index (χ0v) is 12.2. The standard InChI is InChI=1S/C13H17Cl2NO3/c1-2-19-4-3-13(18)16-8-12(17)9-5-10(14)7-11(15)6-9/h5-7,12,17H,2-4,8H2,1H3,(H,16,18). The van der Waals surface area contributed by atoms with Crippen LogP contribution in [0, 0.1) is 0 Å². The Morgan fingerprint density at radius 2 is 2.00 bits per heavy atom. The summed E-state index contributed by atoms with van der Waals surface area (Å²) in [7, 11) is 0. The van der Waals surface area contributed by atoms with E-state index in [0.29, 0.717) is 28.8 Å². The molecule has 0 spiro atoms. The Morgan fingerprint density at radius 1 is 1.37 bits per heavy atom. The molecule has 0 saturated heterocycles. The molecule has 4 nitrogen and oxygen atoms in total. The average molecular weight is 306 g/mol. The molecule has 6 heteroatoms. The second kappa shape index (κ2) is 8.38. The van der Waals surface area contributed by atoms with Crippen LogP contribution in [0.15, 0.2) is 18.2 Å². The van der Waals surface area contributed by atoms with Gasteiger partial charge in [-0.05, 0) is 30.7 Å². The van der Waals surface area contributed by atoms with Crippen LogP contribution >= 0.6 is 23.2 Å². The third-order valence-electron chi connectivity index (χ3n) is 2.44. The first-order valence-electron chi connectivity index (χ1n) is 6.01. The highest BCUT2D eigenvalue weighted by Crippen LogP contribution is 2.23. The summed E-state index contributed by atoms with van der Waals surface area (Å²) in [5, 5.41) is 13.4. The molecule has 0 aliphatic heterocycles. The number of aliphatic hydroxyl groups excluding tert-OH is 1. The number of ether oxygens (including phenoxy) is 1. The minimum atomic E-state index is -0.841. The molecule has 106 valence electrons. The van der Waals surface area contributed by atoms with E-state index >= 15 is 0 Å². The number of hydrogen-bond acceptors (Lipinski definition) is 3. The van der Waals surface area contributed by atoms with Crippen molar-refractivity contribution in [3.63, 3.8) is 0 Å². The molecule has 1 unspecified atom stereocenters. The number of rotatable bonds is 7. The van der Waals surface area contributed by atoms with Crippen LogP contribution in [0.25, 0.3) is 0 Å². The Bertz CT molecular complexity index is 406. The Labute approximate surface area is 122 Å². The smallest absolute Gasteiger partial charge is 0.222 e. The number of amides is 1. The van der Waals surface area contributed by atoms with Gasteiger partial charge in [0.05, 0.1) is 12.7 Å². The summed E-state index contributed by atoms with van der Waals surface area (Å²) >= 11 is 11.7. The highest BCUT2D eigenvalue weighted by atomic mass is 35.5. The monoisotopic (exact) mass is 305 g/mol. The molecule has 19 heavy (non-hydrogen) atoms. The first-order valence-corrected chi connectivity index (χ1v) is 6.77. The molecule has 1 aromatic rings. The van der Waals surface area contributed by atoms with Crippen molar-refractivity contribution in [2.24, 2.45) is 0 Å². The number of halogens is 2. The van der Waals surface area contributed by atoms with E-state index in [4.69, 9.17) is 27.9 Å². The van der Waals surface area contributed by atoms with Crippen LogP contribution in [0.2, 0.25) is 10.0 Å². The zero-order valence-electron chi connectivity index (χ0n) is 10.7. The van der Waals surface area contributed by atoms with Gasteiger partial charge in [-0.2, -0.15) is 0 Å². The third-order valence-corrected chi connectivity index (χ3v) is 2.88. The van der Waals surface area contributed by atoms with Gasteiger partial charge in [0.2, 0.25) is 5.91 Å². The fraction of sp³-hybridized carbons (Fsp3) is 0.462. The molecule has 2 N–H and O–H groups in total. The van der Waals surface area contributed by atoms with Gasteiger partial charge in [0, 0.05) is 29.6 Å². The number of aliphatic hydroxyl groups is 1. The van der Waals surface area contributed by atoms with Crippen molar-refractivity contribution in [1.82, 2.24) is 5.32 Å². The van der Waals surface area contributed by atoms with Crippen LogP contribution < -0.4 is 5.32 Å². The largest absolute Gasteiger partial charge is 0.387 e. The minimum absolute atomic E-state index is 0.113. The van der Waals surface area contributed by atoms with Crippen molar-refractivity contribution in [2.45, 2.75) is 19.4 Å². The SMILES string of the molecule is CCOCCC(=O)NCC(O)c1cc(Cl)cc(Cl)c1. The van der Waals surface area contributed by atoms with Crippen LogP contribution in [0.5, 0.6) is 0 Å². The van der Waals surface area contributed by atoms with E-state index in [1.165, 1.54) is 0 Å². The lowest BCUT2D eigenvalue weighted by atomic mass is 10.1. The third kappa shape index (κ3) is 6.25. The summed E-state index contributed by atoms with van der Waals surface area (Å²) in [4.78, 5) is 11.4. The molecule has 0 aliphatic rings. The van der Waals surface area contributed by atoms with E-state index < -0.39 is 6.10 Å². The van der Waals surface area contributed by atoms with Crippen molar-refractivity contribution < 1.29 is 14.6 Å². The highest BCUT2D eigenvalue weighted by Gasteiger charge is 2.11. The van der Waals surface area contributed by atoms with E-state index in [-0.39, 0.29) is 18.9 Å². The molecule has 1 aromatic carbocycles. The molecule has 0 aliphatic carbocycles. The summed E-state index contributed by atoms with van der Waals surface area (Å²) in [5.74, 6) is -0.166. The van der Waals surface area contributed by atoms with E-state index in [2.05, 4.69) is 5.32 Å². The summed E-state index contributed by atoms with van der Waals surface area (Å²) in [6.07, 6.45) is -0.566. The first-order chi connectivity index (χ1) is 9.02. The van der Waals surface area contributed by atoms with Crippen LogP contribution in [-0.2, 0) is 9.53 Å². The van der Waals surface area contributed by atoms with Crippen LogP contribution in [0.1, 0.15) is 25.0 Å². The molecule has 1 rings (SSSR count). The Morgan fingerprint density at radius 3 is 2.58 bits per heavy atom. The Balaban J connectivity index is 2.42. The fourth-order valence-corrected chi connectivity index (χ4v) is 2.04. The Kier molecular flexibility index (Phi) is 7.16. The van der Waals surface area contributed by atoms with E-state index in [9.17, 15) is 9.90 Å². The lowest BCUT2D eigenvalue weighted by molar-refractivity contribution is -0.122. The molecule has 0 heterocycles. The quantitative estimate of drug-likeness (QED) is 0.761. The van der Waals surface area contributed by atoms with Crippen molar-refractivity contribution in [3.8, 4) is 0 Å². The molecule has 1 amide bonds. The van der Waals surface area contributed by atoms with Crippen molar-refractivity contribution in [3.05, 3.63) is 33.8 Å². The molecular formula is C13H17Cl2NO3. The fourth-order valence-electron chi connectivity index (χ4n) is 1.49. The molecule has 0 bridgehead atoms. The van der Waals surface area contributed by atoms with Gasteiger partial charge >= 0.3 is 0 Å². The van der Waals surface area contributed by atoms with Crippen molar-refractivity contribution in [1.29, 1.82) is 0 Å². The van der Waals surface area contributed by atoms with Gasteiger partial charge in [-0.1, -0.05) is 23.2 Å². The Hall–Kier alpha value is -0.810. The number of benzene rings is 1. The van der Waals surface area contributed by atoms with Gasteiger partial charge < -0.3 is 15.2 Å². The van der Waals surface area contributed by atoms with Gasteiger partial charge in [-0.3, -0.25) is 4.79 Å². The lowest BCUT2D eigenvalue weighted by Crippen LogP contribution is -2.29. The second-order valence-electron chi connectivity index (χ2n) is 3.97. The second-order valence-corrected chi connectivity index (χ2v) is 4.84. The van der Waals surface area contributed by atoms with Gasteiger partial charge in [0.1, 0.15) is 0 Å². The van der Waals surface area contributed by atoms with E-state index in [1.54, 1.807) is 18.2 Å².